The maximum Gasteiger partial charge on any atom is 0.205 e. The number of hydrogen-bond donors (Lipinski definition) is 0. The van der Waals surface area contributed by atoms with Crippen LogP contribution in [0.5, 0.6) is 0 Å². The van der Waals surface area contributed by atoms with Gasteiger partial charge >= 0.3 is 0 Å². The molecule has 0 fully saturated rings. The van der Waals surface area contributed by atoms with Gasteiger partial charge in [0.25, 0.3) is 0 Å². The van der Waals surface area contributed by atoms with Gasteiger partial charge in [-0.2, -0.15) is 0 Å². The maximum absolute atomic E-state index is 13.9. The standard InChI is InChI=1S/C16H11FN2O/c1-2-6-11(15-12(17)7-5-10-18-15)16-19-13-8-3-4-9-14(13)20-16/h1,3-5,7-11H,6H2. The summed E-state index contributed by atoms with van der Waals surface area (Å²) in [5.74, 6) is 2.03. The van der Waals surface area contributed by atoms with E-state index in [4.69, 9.17) is 10.8 Å². The predicted octanol–water partition coefficient (Wildman–Crippen LogP) is 3.52. The quantitative estimate of drug-likeness (QED) is 0.681. The molecule has 3 aromatic rings. The van der Waals surface area contributed by atoms with E-state index in [1.54, 1.807) is 0 Å². The van der Waals surface area contributed by atoms with Crippen LogP contribution in [0.2, 0.25) is 0 Å². The lowest BCUT2D eigenvalue weighted by atomic mass is 10.0. The number of fused-ring (bicyclic) bond motifs is 1. The molecule has 0 amide bonds. The van der Waals surface area contributed by atoms with Crippen molar-refractivity contribution in [2.24, 2.45) is 0 Å². The highest BCUT2D eigenvalue weighted by Gasteiger charge is 2.23. The van der Waals surface area contributed by atoms with Crippen molar-refractivity contribution in [3.05, 3.63) is 60.0 Å². The lowest BCUT2D eigenvalue weighted by Crippen LogP contribution is -2.06. The minimum Gasteiger partial charge on any atom is -0.440 e. The van der Waals surface area contributed by atoms with E-state index in [0.29, 0.717) is 11.5 Å². The molecule has 0 aliphatic carbocycles. The zero-order valence-corrected chi connectivity index (χ0v) is 10.6. The van der Waals surface area contributed by atoms with Gasteiger partial charge in [-0.25, -0.2) is 9.37 Å². The molecule has 1 aromatic carbocycles. The molecule has 0 spiro atoms. The number of halogens is 1. The van der Waals surface area contributed by atoms with E-state index in [1.807, 2.05) is 24.3 Å². The second kappa shape index (κ2) is 5.14. The summed E-state index contributed by atoms with van der Waals surface area (Å²) in [4.78, 5) is 8.45. The Hall–Kier alpha value is -2.67. The summed E-state index contributed by atoms with van der Waals surface area (Å²) in [5.41, 5.74) is 1.64. The van der Waals surface area contributed by atoms with E-state index in [2.05, 4.69) is 15.9 Å². The highest BCUT2D eigenvalue weighted by molar-refractivity contribution is 5.72. The number of nitrogens with zero attached hydrogens (tertiary/aromatic N) is 2. The first-order chi connectivity index (χ1) is 9.79. The zero-order valence-electron chi connectivity index (χ0n) is 10.6. The summed E-state index contributed by atoms with van der Waals surface area (Å²) >= 11 is 0. The van der Waals surface area contributed by atoms with Crippen molar-refractivity contribution >= 4 is 11.1 Å². The number of oxazole rings is 1. The van der Waals surface area contributed by atoms with Gasteiger partial charge in [0, 0.05) is 12.6 Å². The van der Waals surface area contributed by atoms with E-state index >= 15 is 0 Å². The van der Waals surface area contributed by atoms with Crippen molar-refractivity contribution in [3.8, 4) is 12.3 Å². The first-order valence-electron chi connectivity index (χ1n) is 6.19. The van der Waals surface area contributed by atoms with Gasteiger partial charge in [0.05, 0.1) is 11.6 Å². The smallest absolute Gasteiger partial charge is 0.205 e. The Kier molecular flexibility index (Phi) is 3.18. The van der Waals surface area contributed by atoms with Crippen molar-refractivity contribution in [2.45, 2.75) is 12.3 Å². The molecule has 1 atom stereocenters. The molecule has 0 saturated heterocycles. The fraction of sp³-hybridized carbons (Fsp3) is 0.125. The molecular formula is C16H11FN2O. The first-order valence-corrected chi connectivity index (χ1v) is 6.19. The van der Waals surface area contributed by atoms with Gasteiger partial charge in [0.1, 0.15) is 11.3 Å². The molecule has 20 heavy (non-hydrogen) atoms. The summed E-state index contributed by atoms with van der Waals surface area (Å²) in [6.07, 6.45) is 7.19. The van der Waals surface area contributed by atoms with Gasteiger partial charge < -0.3 is 4.42 Å². The van der Waals surface area contributed by atoms with Crippen LogP contribution in [0.3, 0.4) is 0 Å². The zero-order chi connectivity index (χ0) is 13.9. The van der Waals surface area contributed by atoms with Crippen LogP contribution in [0.4, 0.5) is 4.39 Å². The Morgan fingerprint density at radius 3 is 2.85 bits per heavy atom. The van der Waals surface area contributed by atoms with Gasteiger partial charge in [0.15, 0.2) is 5.58 Å². The number of hydrogen-bond acceptors (Lipinski definition) is 3. The van der Waals surface area contributed by atoms with Crippen molar-refractivity contribution in [3.63, 3.8) is 0 Å². The van der Waals surface area contributed by atoms with Gasteiger partial charge in [-0.3, -0.25) is 4.98 Å². The fourth-order valence-corrected chi connectivity index (χ4v) is 2.11. The van der Waals surface area contributed by atoms with Crippen LogP contribution < -0.4 is 0 Å². The molecule has 2 heterocycles. The van der Waals surface area contributed by atoms with E-state index < -0.39 is 11.7 Å². The van der Waals surface area contributed by atoms with E-state index in [9.17, 15) is 4.39 Å². The number of aromatic nitrogens is 2. The number of para-hydroxylation sites is 2. The van der Waals surface area contributed by atoms with Crippen LogP contribution in [-0.2, 0) is 0 Å². The summed E-state index contributed by atoms with van der Waals surface area (Å²) in [5, 5.41) is 0. The SMILES string of the molecule is C#CCC(c1nc2ccccc2o1)c1ncccc1F. The number of rotatable bonds is 3. The van der Waals surface area contributed by atoms with Crippen LogP contribution in [0.25, 0.3) is 11.1 Å². The third-order valence-corrected chi connectivity index (χ3v) is 3.05. The Morgan fingerprint density at radius 1 is 1.25 bits per heavy atom. The molecule has 4 heteroatoms. The van der Waals surface area contributed by atoms with E-state index in [1.165, 1.54) is 18.3 Å². The number of terminal acetylenes is 1. The van der Waals surface area contributed by atoms with Crippen LogP contribution in [-0.4, -0.2) is 9.97 Å². The van der Waals surface area contributed by atoms with E-state index in [-0.39, 0.29) is 12.1 Å². The van der Waals surface area contributed by atoms with Gasteiger partial charge in [-0.05, 0) is 24.3 Å². The van der Waals surface area contributed by atoms with Crippen LogP contribution >= 0.6 is 0 Å². The average molecular weight is 266 g/mol. The summed E-state index contributed by atoms with van der Waals surface area (Å²) in [6, 6.07) is 10.3. The molecule has 3 rings (SSSR count). The lowest BCUT2D eigenvalue weighted by molar-refractivity contribution is 0.482. The topological polar surface area (TPSA) is 38.9 Å². The Balaban J connectivity index is 2.11. The maximum atomic E-state index is 13.9. The lowest BCUT2D eigenvalue weighted by Gasteiger charge is -2.10. The summed E-state index contributed by atoms with van der Waals surface area (Å²) in [7, 11) is 0. The molecule has 0 radical (unpaired) electrons. The predicted molar refractivity (Wildman–Crippen MR) is 73.5 cm³/mol. The number of pyridine rings is 1. The third kappa shape index (κ3) is 2.14. The van der Waals surface area contributed by atoms with Gasteiger partial charge in [0.2, 0.25) is 5.89 Å². The summed E-state index contributed by atoms with van der Waals surface area (Å²) in [6.45, 7) is 0. The molecule has 0 N–H and O–H groups in total. The normalized spacial score (nSPS) is 12.2. The Morgan fingerprint density at radius 2 is 2.10 bits per heavy atom. The van der Waals surface area contributed by atoms with Crippen molar-refractivity contribution in [1.82, 2.24) is 9.97 Å². The minimum absolute atomic E-state index is 0.261. The Bertz CT molecular complexity index is 755. The minimum atomic E-state index is -0.478. The summed E-state index contributed by atoms with van der Waals surface area (Å²) < 4.78 is 19.6. The van der Waals surface area contributed by atoms with Crippen LogP contribution in [0.1, 0.15) is 23.9 Å². The second-order valence-corrected chi connectivity index (χ2v) is 4.35. The molecule has 0 saturated carbocycles. The second-order valence-electron chi connectivity index (χ2n) is 4.35. The molecule has 98 valence electrons. The monoisotopic (exact) mass is 266 g/mol. The highest BCUT2D eigenvalue weighted by Crippen LogP contribution is 2.29. The van der Waals surface area contributed by atoms with Crippen molar-refractivity contribution < 1.29 is 8.81 Å². The van der Waals surface area contributed by atoms with Crippen molar-refractivity contribution in [1.29, 1.82) is 0 Å². The van der Waals surface area contributed by atoms with Gasteiger partial charge in [-0.15, -0.1) is 12.3 Å². The molecule has 3 nitrogen and oxygen atoms in total. The van der Waals surface area contributed by atoms with Crippen molar-refractivity contribution in [2.75, 3.05) is 0 Å². The number of benzene rings is 1. The van der Waals surface area contributed by atoms with E-state index in [0.717, 1.165) is 5.52 Å². The fourth-order valence-electron chi connectivity index (χ4n) is 2.11. The van der Waals surface area contributed by atoms with Crippen LogP contribution in [0, 0.1) is 18.2 Å². The first kappa shape index (κ1) is 12.4. The molecular weight excluding hydrogens is 255 g/mol. The molecule has 1 unspecified atom stereocenters. The third-order valence-electron chi connectivity index (χ3n) is 3.05. The largest absolute Gasteiger partial charge is 0.440 e. The Labute approximate surface area is 115 Å². The molecule has 0 aliphatic heterocycles. The highest BCUT2D eigenvalue weighted by atomic mass is 19.1. The molecule has 0 bridgehead atoms. The van der Waals surface area contributed by atoms with Gasteiger partial charge in [-0.1, -0.05) is 12.1 Å². The molecule has 0 aliphatic rings. The van der Waals surface area contributed by atoms with Crippen LogP contribution in [0.15, 0.2) is 47.0 Å². The average Bonchev–Trinajstić information content (AvgIpc) is 2.89. The molecule has 2 aromatic heterocycles.